The van der Waals surface area contributed by atoms with E-state index in [0.717, 1.165) is 40.9 Å². The molecule has 1 unspecified atom stereocenters. The van der Waals surface area contributed by atoms with Gasteiger partial charge in [-0.3, -0.25) is 14.9 Å². The van der Waals surface area contributed by atoms with Crippen LogP contribution in [-0.4, -0.2) is 47.6 Å². The van der Waals surface area contributed by atoms with Gasteiger partial charge in [0.25, 0.3) is 5.91 Å². The van der Waals surface area contributed by atoms with E-state index in [2.05, 4.69) is 17.7 Å². The number of nitrogens with two attached hydrogens (primary N) is 1. The zero-order valence-electron chi connectivity index (χ0n) is 20.8. The quantitative estimate of drug-likeness (QED) is 0.261. The van der Waals surface area contributed by atoms with E-state index in [0.29, 0.717) is 33.7 Å². The smallest absolute Gasteiger partial charge is 0.324 e. The number of nitrogens with zero attached hydrogens (tertiary/aromatic N) is 1. The number of halogens is 2. The summed E-state index contributed by atoms with van der Waals surface area (Å²) in [6.45, 7) is 7.22. The van der Waals surface area contributed by atoms with E-state index in [4.69, 9.17) is 22.1 Å². The number of esters is 1. The van der Waals surface area contributed by atoms with Gasteiger partial charge in [0.15, 0.2) is 0 Å². The van der Waals surface area contributed by atoms with Crippen LogP contribution in [0.5, 0.6) is 0 Å². The number of benzene rings is 1. The molecule has 1 aromatic heterocycles. The monoisotopic (exact) mass is 646 g/mol. The van der Waals surface area contributed by atoms with Gasteiger partial charge in [-0.05, 0) is 50.6 Å². The first-order chi connectivity index (χ1) is 16.3. The Morgan fingerprint density at radius 3 is 2.36 bits per heavy atom. The van der Waals surface area contributed by atoms with Gasteiger partial charge >= 0.3 is 12.0 Å². The minimum Gasteiger partial charge on any atom is -1.00 e. The van der Waals surface area contributed by atoms with Crippen molar-refractivity contribution in [3.8, 4) is 0 Å². The Kier molecular flexibility index (Phi) is 8.64. The van der Waals surface area contributed by atoms with Gasteiger partial charge in [-0.15, -0.1) is 11.3 Å². The number of primary amides is 1. The number of amides is 3. The molecule has 1 atom stereocenters. The molecule has 2 aromatic rings. The molecular formula is C25H32ClIN4O4S. The van der Waals surface area contributed by atoms with Crippen molar-refractivity contribution in [2.75, 3.05) is 24.2 Å². The molecule has 4 N–H and O–H groups in total. The molecule has 0 spiro atoms. The largest absolute Gasteiger partial charge is 1.00 e. The molecule has 0 radical (unpaired) electrons. The average Bonchev–Trinajstić information content (AvgIpc) is 3.03. The van der Waals surface area contributed by atoms with Gasteiger partial charge in [0.05, 0.1) is 36.0 Å². The predicted molar refractivity (Wildman–Crippen MR) is 138 cm³/mol. The summed E-state index contributed by atoms with van der Waals surface area (Å²) in [5.74, 6) is -0.730. The third kappa shape index (κ3) is 6.32. The number of thiophene rings is 1. The lowest BCUT2D eigenvalue weighted by Crippen LogP contribution is -3.00. The molecule has 1 aliphatic carbocycles. The van der Waals surface area contributed by atoms with Gasteiger partial charge in [0.1, 0.15) is 17.1 Å². The van der Waals surface area contributed by atoms with Gasteiger partial charge in [-0.2, -0.15) is 0 Å². The highest BCUT2D eigenvalue weighted by Gasteiger charge is 2.49. The highest BCUT2D eigenvalue weighted by molar-refractivity contribution is 7.17. The maximum absolute atomic E-state index is 12.6. The van der Waals surface area contributed by atoms with E-state index in [1.807, 2.05) is 20.8 Å². The van der Waals surface area contributed by atoms with Crippen molar-refractivity contribution in [3.63, 3.8) is 0 Å². The summed E-state index contributed by atoms with van der Waals surface area (Å²) >= 11 is 7.30. The Hall–Kier alpha value is -1.89. The summed E-state index contributed by atoms with van der Waals surface area (Å²) in [5.41, 5.74) is 7.14. The first kappa shape index (κ1) is 28.7. The molecule has 2 heterocycles. The van der Waals surface area contributed by atoms with Crippen LogP contribution in [-0.2, 0) is 22.5 Å². The van der Waals surface area contributed by atoms with E-state index in [-0.39, 0.29) is 35.9 Å². The number of fused-ring (bicyclic) bond motifs is 1. The van der Waals surface area contributed by atoms with E-state index < -0.39 is 17.5 Å². The molecule has 36 heavy (non-hydrogen) atoms. The maximum Gasteiger partial charge on any atom is 0.324 e. The molecule has 11 heteroatoms. The molecule has 0 saturated heterocycles. The third-order valence-electron chi connectivity index (χ3n) is 6.78. The zero-order chi connectivity index (χ0) is 25.5. The number of hydrogen-bond donors (Lipinski definition) is 3. The Morgan fingerprint density at radius 1 is 1.14 bits per heavy atom. The fourth-order valence-electron chi connectivity index (χ4n) is 4.81. The number of hydrogen-bond acceptors (Lipinski definition) is 5. The Morgan fingerprint density at radius 2 is 1.78 bits per heavy atom. The number of carbonyl (C=O) groups excluding carboxylic acids is 3. The summed E-state index contributed by atoms with van der Waals surface area (Å²) in [5, 5.41) is 6.59. The highest BCUT2D eigenvalue weighted by atomic mass is 127. The first-order valence-electron chi connectivity index (χ1n) is 11.7. The standard InChI is InChI=1S/C25H31ClN4O4S.HI/c1-25(2,3)34-23(32)14-11-17(12-14)30(4)10-9-18-19(13-30)35-22(20(18)21(27)31)29-24(33)28-16-7-5-15(26)6-8-16;/h5-8,14,17H,9-13H2,1-4H3,(H3-,27,28,29,31,33);1H. The minimum absolute atomic E-state index is 0. The highest BCUT2D eigenvalue weighted by Crippen LogP contribution is 2.44. The second-order valence-electron chi connectivity index (χ2n) is 10.6. The zero-order valence-corrected chi connectivity index (χ0v) is 24.6. The van der Waals surface area contributed by atoms with Crippen LogP contribution >= 0.6 is 22.9 Å². The summed E-state index contributed by atoms with van der Waals surface area (Å²) in [7, 11) is 2.20. The first-order valence-corrected chi connectivity index (χ1v) is 12.9. The van der Waals surface area contributed by atoms with E-state index in [9.17, 15) is 14.4 Å². The van der Waals surface area contributed by atoms with Crippen molar-refractivity contribution in [1.29, 1.82) is 0 Å². The molecule has 1 saturated carbocycles. The van der Waals surface area contributed by atoms with Crippen LogP contribution in [0.4, 0.5) is 15.5 Å². The number of rotatable bonds is 5. The van der Waals surface area contributed by atoms with Crippen molar-refractivity contribution in [1.82, 2.24) is 0 Å². The lowest BCUT2D eigenvalue weighted by atomic mass is 9.77. The minimum atomic E-state index is -0.547. The summed E-state index contributed by atoms with van der Waals surface area (Å²) < 4.78 is 6.34. The topological polar surface area (TPSA) is 111 Å². The van der Waals surface area contributed by atoms with Gasteiger partial charge in [0, 0.05) is 30.0 Å². The molecule has 3 amide bonds. The third-order valence-corrected chi connectivity index (χ3v) is 8.16. The van der Waals surface area contributed by atoms with Gasteiger partial charge in [-0.1, -0.05) is 11.6 Å². The van der Waals surface area contributed by atoms with Crippen LogP contribution in [0.25, 0.3) is 0 Å². The molecular weight excluding hydrogens is 615 g/mol. The summed E-state index contributed by atoms with van der Waals surface area (Å²) in [6.07, 6.45) is 2.28. The number of ether oxygens (including phenoxy) is 1. The molecule has 1 fully saturated rings. The van der Waals surface area contributed by atoms with Crippen LogP contribution < -0.4 is 40.3 Å². The number of likely N-dealkylation sites (N-methyl/N-ethyl adjacent to an activating group) is 1. The molecule has 8 nitrogen and oxygen atoms in total. The van der Waals surface area contributed by atoms with E-state index >= 15 is 0 Å². The predicted octanol–water partition coefficient (Wildman–Crippen LogP) is 1.77. The number of carbonyl (C=O) groups is 3. The maximum atomic E-state index is 12.6. The van der Waals surface area contributed by atoms with Crippen LogP contribution in [0, 0.1) is 5.92 Å². The second-order valence-corrected chi connectivity index (χ2v) is 12.2. The fourth-order valence-corrected chi connectivity index (χ4v) is 6.34. The fraction of sp³-hybridized carbons (Fsp3) is 0.480. The SMILES string of the molecule is CC(C)(C)OC(=O)C1CC([N+]2(C)CCc3c(sc(NC(=O)Nc4ccc(Cl)cc4)c3C(N)=O)C2)C1.[I-]. The summed E-state index contributed by atoms with van der Waals surface area (Å²) in [6, 6.07) is 6.66. The number of urea groups is 1. The summed E-state index contributed by atoms with van der Waals surface area (Å²) in [4.78, 5) is 38.4. The lowest BCUT2D eigenvalue weighted by Gasteiger charge is -2.50. The second kappa shape index (κ2) is 10.8. The van der Waals surface area contributed by atoms with Crippen molar-refractivity contribution in [3.05, 3.63) is 45.3 Å². The molecule has 2 aliphatic rings. The Labute approximate surface area is 237 Å². The molecule has 196 valence electrons. The van der Waals surface area contributed by atoms with Crippen molar-refractivity contribution in [2.24, 2.45) is 11.7 Å². The molecule has 4 rings (SSSR count). The van der Waals surface area contributed by atoms with Crippen LogP contribution in [0.3, 0.4) is 0 Å². The average molecular weight is 647 g/mol. The molecule has 1 aromatic carbocycles. The van der Waals surface area contributed by atoms with E-state index in [1.165, 1.54) is 11.3 Å². The van der Waals surface area contributed by atoms with Crippen LogP contribution in [0.15, 0.2) is 24.3 Å². The van der Waals surface area contributed by atoms with Crippen LogP contribution in [0.2, 0.25) is 5.02 Å². The van der Waals surface area contributed by atoms with Gasteiger partial charge in [0.2, 0.25) is 0 Å². The Balaban J connectivity index is 0.00000361. The van der Waals surface area contributed by atoms with Crippen molar-refractivity contribution < 1.29 is 47.6 Å². The van der Waals surface area contributed by atoms with Crippen LogP contribution in [0.1, 0.15) is 54.4 Å². The number of nitrogens with one attached hydrogen (secondary N) is 2. The number of quaternary nitrogens is 1. The van der Waals surface area contributed by atoms with Crippen molar-refractivity contribution in [2.45, 2.75) is 58.2 Å². The van der Waals surface area contributed by atoms with Gasteiger partial charge in [-0.25, -0.2) is 4.79 Å². The Bertz CT molecular complexity index is 1160. The van der Waals surface area contributed by atoms with Crippen molar-refractivity contribution >= 4 is 51.5 Å². The number of anilines is 2. The normalized spacial score (nSPS) is 22.9. The van der Waals surface area contributed by atoms with Gasteiger partial charge < -0.3 is 44.2 Å². The van der Waals surface area contributed by atoms with E-state index in [1.54, 1.807) is 24.3 Å². The molecule has 1 aliphatic heterocycles. The lowest BCUT2D eigenvalue weighted by molar-refractivity contribution is -0.953. The molecule has 0 bridgehead atoms.